The second kappa shape index (κ2) is 8.68. The second-order valence-electron chi connectivity index (χ2n) is 6.44. The van der Waals surface area contributed by atoms with Gasteiger partial charge < -0.3 is 9.47 Å². The van der Waals surface area contributed by atoms with Gasteiger partial charge in [-0.3, -0.25) is 9.69 Å². The minimum Gasteiger partial charge on any atom is -0.493 e. The summed E-state index contributed by atoms with van der Waals surface area (Å²) in [7, 11) is 3.25. The Morgan fingerprint density at radius 1 is 1.28 bits per heavy atom. The van der Waals surface area contributed by atoms with Gasteiger partial charge in [0.05, 0.1) is 25.5 Å². The fraction of sp³-hybridized carbons (Fsp3) is 0.368. The van der Waals surface area contributed by atoms with E-state index in [-0.39, 0.29) is 11.9 Å². The van der Waals surface area contributed by atoms with Crippen LogP contribution in [0.25, 0.3) is 10.6 Å². The number of nitrogens with zero attached hydrogens (tertiary/aromatic N) is 4. The summed E-state index contributed by atoms with van der Waals surface area (Å²) in [6.45, 7) is 1.58. The van der Waals surface area contributed by atoms with E-state index < -0.39 is 0 Å². The number of benzene rings is 1. The number of methoxy groups -OCH3 is 2. The van der Waals surface area contributed by atoms with Gasteiger partial charge >= 0.3 is 0 Å². The number of amides is 1. The van der Waals surface area contributed by atoms with Gasteiger partial charge in [-0.05, 0) is 25.0 Å². The number of para-hydroxylation sites is 1. The molecule has 29 heavy (non-hydrogen) atoms. The van der Waals surface area contributed by atoms with Crippen molar-refractivity contribution in [1.29, 1.82) is 0 Å². The molecule has 2 heterocycles. The lowest BCUT2D eigenvalue weighted by molar-refractivity contribution is -0.116. The first kappa shape index (κ1) is 20.1. The highest BCUT2D eigenvalue weighted by Crippen LogP contribution is 2.40. The van der Waals surface area contributed by atoms with Crippen LogP contribution in [0.3, 0.4) is 0 Å². The molecule has 1 amide bonds. The maximum atomic E-state index is 11.9. The fourth-order valence-corrected chi connectivity index (χ4v) is 5.72. The molecule has 0 unspecified atom stereocenters. The van der Waals surface area contributed by atoms with E-state index in [0.29, 0.717) is 22.4 Å². The highest BCUT2D eigenvalue weighted by molar-refractivity contribution is 8.00. The number of thiazole rings is 1. The average Bonchev–Trinajstić information content (AvgIpc) is 3.25. The molecule has 1 fully saturated rings. The predicted molar refractivity (Wildman–Crippen MR) is 116 cm³/mol. The minimum absolute atomic E-state index is 0.0246. The molecular weight excluding hydrogens is 428 g/mol. The lowest BCUT2D eigenvalue weighted by Gasteiger charge is -2.15. The van der Waals surface area contributed by atoms with E-state index in [0.717, 1.165) is 33.4 Å². The molecule has 10 heteroatoms. The van der Waals surface area contributed by atoms with Crippen LogP contribution in [0.2, 0.25) is 0 Å². The molecule has 1 aliphatic carbocycles. The second-order valence-corrected chi connectivity index (χ2v) is 9.48. The zero-order valence-corrected chi connectivity index (χ0v) is 18.7. The van der Waals surface area contributed by atoms with E-state index in [2.05, 4.69) is 10.2 Å². The van der Waals surface area contributed by atoms with Gasteiger partial charge in [0.15, 0.2) is 15.8 Å². The molecule has 3 aromatic rings. The number of carbonyl (C=O) groups excluding carboxylic acids is 1. The molecule has 2 aromatic heterocycles. The third-order valence-electron chi connectivity index (χ3n) is 4.38. The van der Waals surface area contributed by atoms with Crippen molar-refractivity contribution in [3.63, 3.8) is 0 Å². The zero-order valence-electron chi connectivity index (χ0n) is 16.2. The number of hydrogen-bond acceptors (Lipinski definition) is 9. The standard InChI is InChI=1S/C19H20N4O3S3/c1-11(24)23(13-7-8-13)18-21-22-19(29-18)28-10-12-9-27-17(20-12)14-5-4-6-15(25-2)16(14)26-3/h4-6,9,13H,7-8,10H2,1-3H3. The Hall–Kier alpha value is -2.17. The van der Waals surface area contributed by atoms with E-state index in [9.17, 15) is 4.79 Å². The van der Waals surface area contributed by atoms with Crippen LogP contribution in [0, 0.1) is 0 Å². The van der Waals surface area contributed by atoms with Crippen LogP contribution in [0.1, 0.15) is 25.5 Å². The maximum absolute atomic E-state index is 11.9. The zero-order chi connectivity index (χ0) is 20.4. The molecular formula is C19H20N4O3S3. The largest absolute Gasteiger partial charge is 0.493 e. The van der Waals surface area contributed by atoms with Gasteiger partial charge in [0.2, 0.25) is 11.0 Å². The molecule has 0 atom stereocenters. The van der Waals surface area contributed by atoms with Crippen LogP contribution in [-0.2, 0) is 10.5 Å². The molecule has 7 nitrogen and oxygen atoms in total. The van der Waals surface area contributed by atoms with E-state index in [1.807, 2.05) is 23.6 Å². The third-order valence-corrected chi connectivity index (χ3v) is 7.40. The smallest absolute Gasteiger partial charge is 0.225 e. The summed E-state index contributed by atoms with van der Waals surface area (Å²) >= 11 is 4.60. The van der Waals surface area contributed by atoms with Crippen molar-refractivity contribution in [3.05, 3.63) is 29.3 Å². The molecule has 1 aliphatic rings. The molecule has 0 N–H and O–H groups in total. The summed E-state index contributed by atoms with van der Waals surface area (Å²) in [4.78, 5) is 18.4. The van der Waals surface area contributed by atoms with Gasteiger partial charge in [-0.1, -0.05) is 29.2 Å². The first-order valence-electron chi connectivity index (χ1n) is 9.02. The summed E-state index contributed by atoms with van der Waals surface area (Å²) < 4.78 is 11.7. The summed E-state index contributed by atoms with van der Waals surface area (Å²) in [5, 5.41) is 12.0. The van der Waals surface area contributed by atoms with Crippen LogP contribution in [0.5, 0.6) is 11.5 Å². The Morgan fingerprint density at radius 2 is 2.10 bits per heavy atom. The third kappa shape index (κ3) is 4.39. The normalized spacial score (nSPS) is 13.3. The van der Waals surface area contributed by atoms with Crippen molar-refractivity contribution in [2.75, 3.05) is 19.1 Å². The quantitative estimate of drug-likeness (QED) is 0.371. The summed E-state index contributed by atoms with van der Waals surface area (Å²) in [5.74, 6) is 2.07. The highest BCUT2D eigenvalue weighted by Gasteiger charge is 2.34. The molecule has 1 saturated carbocycles. The number of hydrogen-bond donors (Lipinski definition) is 0. The van der Waals surface area contributed by atoms with Crippen molar-refractivity contribution in [1.82, 2.24) is 15.2 Å². The lowest BCUT2D eigenvalue weighted by Crippen LogP contribution is -2.30. The topological polar surface area (TPSA) is 77.4 Å². The van der Waals surface area contributed by atoms with Crippen LogP contribution >= 0.6 is 34.4 Å². The Labute approximate surface area is 181 Å². The minimum atomic E-state index is 0.0246. The van der Waals surface area contributed by atoms with Crippen molar-refractivity contribution in [3.8, 4) is 22.1 Å². The predicted octanol–water partition coefficient (Wildman–Crippen LogP) is 4.49. The lowest BCUT2D eigenvalue weighted by atomic mass is 10.2. The molecule has 1 aromatic carbocycles. The summed E-state index contributed by atoms with van der Waals surface area (Å²) in [6.07, 6.45) is 2.08. The van der Waals surface area contributed by atoms with Crippen LogP contribution in [0.15, 0.2) is 27.9 Å². The van der Waals surface area contributed by atoms with Crippen LogP contribution in [0.4, 0.5) is 5.13 Å². The fourth-order valence-electron chi connectivity index (χ4n) is 2.93. The van der Waals surface area contributed by atoms with Gasteiger partial charge in [0.25, 0.3) is 0 Å². The number of ether oxygens (including phenoxy) is 2. The molecule has 152 valence electrons. The van der Waals surface area contributed by atoms with E-state index in [1.165, 1.54) is 11.3 Å². The van der Waals surface area contributed by atoms with Crippen molar-refractivity contribution >= 4 is 45.5 Å². The van der Waals surface area contributed by atoms with Gasteiger partial charge in [0, 0.05) is 24.1 Å². The Bertz CT molecular complexity index is 1020. The average molecular weight is 449 g/mol. The molecule has 0 saturated heterocycles. The number of carbonyl (C=O) groups is 1. The number of aromatic nitrogens is 3. The van der Waals surface area contributed by atoms with Gasteiger partial charge in [-0.15, -0.1) is 21.5 Å². The van der Waals surface area contributed by atoms with Crippen molar-refractivity contribution < 1.29 is 14.3 Å². The van der Waals surface area contributed by atoms with E-state index >= 15 is 0 Å². The number of anilines is 1. The first-order chi connectivity index (χ1) is 14.1. The van der Waals surface area contributed by atoms with Crippen LogP contribution in [-0.4, -0.2) is 41.3 Å². The Morgan fingerprint density at radius 3 is 2.79 bits per heavy atom. The van der Waals surface area contributed by atoms with Gasteiger partial charge in [-0.2, -0.15) is 0 Å². The molecule has 0 radical (unpaired) electrons. The molecule has 4 rings (SSSR count). The Kier molecular flexibility index (Phi) is 6.02. The van der Waals surface area contributed by atoms with Gasteiger partial charge in [-0.25, -0.2) is 4.98 Å². The SMILES string of the molecule is COc1cccc(-c2nc(CSc3nnc(N(C(C)=O)C4CC4)s3)cs2)c1OC. The first-order valence-corrected chi connectivity index (χ1v) is 11.7. The van der Waals surface area contributed by atoms with E-state index in [4.69, 9.17) is 14.5 Å². The van der Waals surface area contributed by atoms with Crippen molar-refractivity contribution in [2.24, 2.45) is 0 Å². The molecule has 0 aliphatic heterocycles. The summed E-state index contributed by atoms with van der Waals surface area (Å²) in [5.41, 5.74) is 1.87. The van der Waals surface area contributed by atoms with Gasteiger partial charge in [0.1, 0.15) is 5.01 Å². The van der Waals surface area contributed by atoms with Crippen LogP contribution < -0.4 is 14.4 Å². The van der Waals surface area contributed by atoms with Crippen molar-refractivity contribution in [2.45, 2.75) is 35.9 Å². The summed E-state index contributed by atoms with van der Waals surface area (Å²) in [6, 6.07) is 6.06. The monoisotopic (exact) mass is 448 g/mol. The number of rotatable bonds is 8. The maximum Gasteiger partial charge on any atom is 0.225 e. The molecule has 0 bridgehead atoms. The molecule has 0 spiro atoms. The highest BCUT2D eigenvalue weighted by atomic mass is 32.2. The Balaban J connectivity index is 1.45. The van der Waals surface area contributed by atoms with E-state index in [1.54, 1.807) is 49.1 Å². The number of thioether (sulfide) groups is 1.